The third kappa shape index (κ3) is 2.85. The molecule has 1 heterocycles. The van der Waals surface area contributed by atoms with E-state index >= 15 is 0 Å². The number of sulfonamides is 1. The summed E-state index contributed by atoms with van der Waals surface area (Å²) in [5.74, 6) is 0. The first kappa shape index (κ1) is 13.8. The summed E-state index contributed by atoms with van der Waals surface area (Å²) in [5, 5.41) is 4.12. The van der Waals surface area contributed by atoms with Crippen LogP contribution in [0.4, 0.5) is 0 Å². The summed E-state index contributed by atoms with van der Waals surface area (Å²) in [6, 6.07) is 5.12. The highest BCUT2D eigenvalue weighted by molar-refractivity contribution is 7.89. The Bertz CT molecular complexity index is 690. The maximum atomic E-state index is 11.9. The third-order valence-electron chi connectivity index (χ3n) is 2.86. The molecule has 0 saturated heterocycles. The zero-order valence-electron chi connectivity index (χ0n) is 11.2. The Kier molecular flexibility index (Phi) is 3.73. The SMILES string of the molecule is CCNS(=O)(=O)c1ccc(-c2cnn(C)c2)c(C)c1. The van der Waals surface area contributed by atoms with E-state index in [4.69, 9.17) is 0 Å². The predicted molar refractivity (Wildman–Crippen MR) is 74.2 cm³/mol. The van der Waals surface area contributed by atoms with Crippen molar-refractivity contribution in [2.45, 2.75) is 18.7 Å². The van der Waals surface area contributed by atoms with Gasteiger partial charge in [0.05, 0.1) is 11.1 Å². The standard InChI is InChI=1S/C13H17N3O2S/c1-4-15-19(17,18)12-5-6-13(10(2)7-12)11-8-14-16(3)9-11/h5-9,15H,4H2,1-3H3. The molecule has 0 atom stereocenters. The van der Waals surface area contributed by atoms with Gasteiger partial charge in [-0.3, -0.25) is 4.68 Å². The average Bonchev–Trinajstić information content (AvgIpc) is 2.75. The number of benzene rings is 1. The number of nitrogens with zero attached hydrogens (tertiary/aromatic N) is 2. The van der Waals surface area contributed by atoms with Gasteiger partial charge in [0.1, 0.15) is 0 Å². The Morgan fingerprint density at radius 3 is 2.63 bits per heavy atom. The number of hydrogen-bond acceptors (Lipinski definition) is 3. The third-order valence-corrected chi connectivity index (χ3v) is 4.40. The summed E-state index contributed by atoms with van der Waals surface area (Å²) in [6.45, 7) is 4.04. The Morgan fingerprint density at radius 2 is 2.11 bits per heavy atom. The molecule has 0 bridgehead atoms. The second-order valence-corrected chi connectivity index (χ2v) is 6.15. The van der Waals surface area contributed by atoms with Gasteiger partial charge < -0.3 is 0 Å². The molecule has 2 aromatic rings. The fourth-order valence-electron chi connectivity index (χ4n) is 1.96. The van der Waals surface area contributed by atoms with Crippen LogP contribution in [0, 0.1) is 6.92 Å². The molecule has 0 aliphatic heterocycles. The molecule has 0 spiro atoms. The van der Waals surface area contributed by atoms with Gasteiger partial charge in [0.2, 0.25) is 10.0 Å². The van der Waals surface area contributed by atoms with Crippen LogP contribution in [0.15, 0.2) is 35.5 Å². The predicted octanol–water partition coefficient (Wildman–Crippen LogP) is 1.69. The molecular formula is C13H17N3O2S. The summed E-state index contributed by atoms with van der Waals surface area (Å²) >= 11 is 0. The summed E-state index contributed by atoms with van der Waals surface area (Å²) < 4.78 is 28.0. The number of hydrogen-bond donors (Lipinski definition) is 1. The minimum absolute atomic E-state index is 0.291. The maximum absolute atomic E-state index is 11.9. The van der Waals surface area contributed by atoms with Crippen LogP contribution in [0.3, 0.4) is 0 Å². The highest BCUT2D eigenvalue weighted by Crippen LogP contribution is 2.25. The van der Waals surface area contributed by atoms with Crippen molar-refractivity contribution in [2.75, 3.05) is 6.54 Å². The second-order valence-electron chi connectivity index (χ2n) is 4.38. The van der Waals surface area contributed by atoms with Gasteiger partial charge in [0, 0.05) is 25.4 Å². The van der Waals surface area contributed by atoms with Crippen LogP contribution < -0.4 is 4.72 Å². The molecule has 5 nitrogen and oxygen atoms in total. The normalized spacial score (nSPS) is 11.7. The van der Waals surface area contributed by atoms with Gasteiger partial charge in [-0.2, -0.15) is 5.10 Å². The van der Waals surface area contributed by atoms with E-state index in [9.17, 15) is 8.42 Å². The molecule has 102 valence electrons. The zero-order valence-corrected chi connectivity index (χ0v) is 12.0. The molecule has 2 rings (SSSR count). The monoisotopic (exact) mass is 279 g/mol. The largest absolute Gasteiger partial charge is 0.275 e. The fraction of sp³-hybridized carbons (Fsp3) is 0.308. The van der Waals surface area contributed by atoms with Crippen molar-refractivity contribution in [3.63, 3.8) is 0 Å². The molecule has 0 fully saturated rings. The highest BCUT2D eigenvalue weighted by Gasteiger charge is 2.14. The van der Waals surface area contributed by atoms with Crippen molar-refractivity contribution in [3.05, 3.63) is 36.2 Å². The zero-order chi connectivity index (χ0) is 14.0. The lowest BCUT2D eigenvalue weighted by atomic mass is 10.0. The lowest BCUT2D eigenvalue weighted by Gasteiger charge is -2.08. The second kappa shape index (κ2) is 5.14. The molecule has 19 heavy (non-hydrogen) atoms. The van der Waals surface area contributed by atoms with E-state index in [-0.39, 0.29) is 0 Å². The van der Waals surface area contributed by atoms with Crippen molar-refractivity contribution in [2.24, 2.45) is 7.05 Å². The first-order valence-corrected chi connectivity index (χ1v) is 7.51. The van der Waals surface area contributed by atoms with Gasteiger partial charge >= 0.3 is 0 Å². The first-order valence-electron chi connectivity index (χ1n) is 6.03. The minimum Gasteiger partial charge on any atom is -0.275 e. The summed E-state index contributed by atoms with van der Waals surface area (Å²) in [7, 11) is -1.55. The lowest BCUT2D eigenvalue weighted by Crippen LogP contribution is -2.23. The Balaban J connectivity index is 2.43. The number of rotatable bonds is 4. The summed E-state index contributed by atoms with van der Waals surface area (Å²) in [4.78, 5) is 0.291. The van der Waals surface area contributed by atoms with Crippen molar-refractivity contribution in [1.29, 1.82) is 0 Å². The van der Waals surface area contributed by atoms with Gasteiger partial charge in [-0.15, -0.1) is 0 Å². The summed E-state index contributed by atoms with van der Waals surface area (Å²) in [6.07, 6.45) is 3.67. The highest BCUT2D eigenvalue weighted by atomic mass is 32.2. The Morgan fingerprint density at radius 1 is 1.37 bits per heavy atom. The number of aromatic nitrogens is 2. The molecule has 0 radical (unpaired) electrons. The molecule has 0 saturated carbocycles. The molecular weight excluding hydrogens is 262 g/mol. The Labute approximate surface area is 113 Å². The Hall–Kier alpha value is -1.66. The molecule has 0 aliphatic carbocycles. The molecule has 0 amide bonds. The van der Waals surface area contributed by atoms with Crippen LogP contribution in [-0.4, -0.2) is 24.7 Å². The van der Waals surface area contributed by atoms with Crippen molar-refractivity contribution in [1.82, 2.24) is 14.5 Å². The van der Waals surface area contributed by atoms with Gasteiger partial charge in [-0.05, 0) is 30.2 Å². The average molecular weight is 279 g/mol. The fourth-order valence-corrected chi connectivity index (χ4v) is 3.09. The van der Waals surface area contributed by atoms with Gasteiger partial charge in [0.15, 0.2) is 0 Å². The van der Waals surface area contributed by atoms with Crippen LogP contribution in [0.2, 0.25) is 0 Å². The molecule has 0 unspecified atom stereocenters. The van der Waals surface area contributed by atoms with E-state index in [2.05, 4.69) is 9.82 Å². The van der Waals surface area contributed by atoms with E-state index in [0.717, 1.165) is 16.7 Å². The minimum atomic E-state index is -3.40. The van der Waals surface area contributed by atoms with E-state index in [1.54, 1.807) is 29.9 Å². The smallest absolute Gasteiger partial charge is 0.240 e. The number of aryl methyl sites for hydroxylation is 2. The van der Waals surface area contributed by atoms with Crippen LogP contribution >= 0.6 is 0 Å². The van der Waals surface area contributed by atoms with Gasteiger partial charge in [-0.1, -0.05) is 13.0 Å². The van der Waals surface area contributed by atoms with Crippen LogP contribution in [0.5, 0.6) is 0 Å². The number of nitrogens with one attached hydrogen (secondary N) is 1. The maximum Gasteiger partial charge on any atom is 0.240 e. The van der Waals surface area contributed by atoms with Crippen molar-refractivity contribution >= 4 is 10.0 Å². The van der Waals surface area contributed by atoms with E-state index in [1.807, 2.05) is 26.2 Å². The van der Waals surface area contributed by atoms with Crippen LogP contribution in [0.1, 0.15) is 12.5 Å². The van der Waals surface area contributed by atoms with Crippen LogP contribution in [-0.2, 0) is 17.1 Å². The van der Waals surface area contributed by atoms with E-state index in [0.29, 0.717) is 11.4 Å². The van der Waals surface area contributed by atoms with Gasteiger partial charge in [0.25, 0.3) is 0 Å². The lowest BCUT2D eigenvalue weighted by molar-refractivity contribution is 0.584. The van der Waals surface area contributed by atoms with E-state index in [1.165, 1.54) is 0 Å². The molecule has 0 aliphatic rings. The van der Waals surface area contributed by atoms with E-state index < -0.39 is 10.0 Å². The molecule has 6 heteroatoms. The topological polar surface area (TPSA) is 64.0 Å². The molecule has 1 N–H and O–H groups in total. The summed E-state index contributed by atoms with van der Waals surface area (Å²) in [5.41, 5.74) is 2.88. The first-order chi connectivity index (χ1) is 8.94. The van der Waals surface area contributed by atoms with Crippen molar-refractivity contribution < 1.29 is 8.42 Å². The van der Waals surface area contributed by atoms with Crippen LogP contribution in [0.25, 0.3) is 11.1 Å². The van der Waals surface area contributed by atoms with Gasteiger partial charge in [-0.25, -0.2) is 13.1 Å². The quantitative estimate of drug-likeness (QED) is 0.926. The van der Waals surface area contributed by atoms with Crippen molar-refractivity contribution in [3.8, 4) is 11.1 Å². The molecule has 1 aromatic carbocycles. The molecule has 1 aromatic heterocycles.